The lowest BCUT2D eigenvalue weighted by molar-refractivity contribution is 0.300. The molecular formula is C15H14ClN3O2S. The third-order valence-electron chi connectivity index (χ3n) is 4.44. The van der Waals surface area contributed by atoms with E-state index in [1.54, 1.807) is 34.8 Å². The average molecular weight is 336 g/mol. The third kappa shape index (κ3) is 2.06. The monoisotopic (exact) mass is 335 g/mol. The second-order valence-electron chi connectivity index (χ2n) is 5.66. The van der Waals surface area contributed by atoms with Crippen LogP contribution in [0.15, 0.2) is 41.7 Å². The Bertz CT molecular complexity index is 823. The second-order valence-corrected chi connectivity index (χ2v) is 7.94. The maximum Gasteiger partial charge on any atom is 0.243 e. The highest BCUT2D eigenvalue weighted by molar-refractivity contribution is 7.89. The average Bonchev–Trinajstić information content (AvgIpc) is 2.84. The van der Waals surface area contributed by atoms with Crippen molar-refractivity contribution in [3.05, 3.63) is 53.1 Å². The van der Waals surface area contributed by atoms with Gasteiger partial charge < -0.3 is 0 Å². The van der Waals surface area contributed by atoms with Crippen LogP contribution in [-0.2, 0) is 16.4 Å². The number of sulfonamides is 1. The molecule has 114 valence electrons. The van der Waals surface area contributed by atoms with E-state index in [1.807, 2.05) is 0 Å². The van der Waals surface area contributed by atoms with Gasteiger partial charge in [0.1, 0.15) is 6.33 Å². The fourth-order valence-corrected chi connectivity index (χ4v) is 5.45. The lowest BCUT2D eigenvalue weighted by Gasteiger charge is -2.34. The molecular weight excluding hydrogens is 322 g/mol. The van der Waals surface area contributed by atoms with Gasteiger partial charge in [-0.05, 0) is 37.1 Å². The van der Waals surface area contributed by atoms with E-state index in [0.29, 0.717) is 11.4 Å². The second kappa shape index (κ2) is 5.01. The molecule has 7 heteroatoms. The number of rotatable bonds is 2. The minimum atomic E-state index is -3.54. The Hall–Kier alpha value is -1.50. The molecule has 1 fully saturated rings. The molecule has 0 radical (unpaired) electrons. The predicted octanol–water partition coefficient (Wildman–Crippen LogP) is 2.58. The van der Waals surface area contributed by atoms with E-state index in [0.717, 1.165) is 24.1 Å². The summed E-state index contributed by atoms with van der Waals surface area (Å²) in [6.45, 7) is 0. The summed E-state index contributed by atoms with van der Waals surface area (Å²) in [6, 6.07) is 6.17. The van der Waals surface area contributed by atoms with E-state index in [9.17, 15) is 8.42 Å². The molecule has 4 rings (SSSR count). The van der Waals surface area contributed by atoms with Crippen molar-refractivity contribution in [2.75, 3.05) is 0 Å². The molecule has 1 aromatic heterocycles. The van der Waals surface area contributed by atoms with Gasteiger partial charge in [0.2, 0.25) is 10.0 Å². The van der Waals surface area contributed by atoms with Crippen LogP contribution in [0.25, 0.3) is 0 Å². The minimum absolute atomic E-state index is 0.0203. The normalized spacial score (nSPS) is 24.2. The van der Waals surface area contributed by atoms with Gasteiger partial charge in [-0.25, -0.2) is 18.4 Å². The predicted molar refractivity (Wildman–Crippen MR) is 82.0 cm³/mol. The van der Waals surface area contributed by atoms with Crippen LogP contribution in [0.4, 0.5) is 0 Å². The SMILES string of the molecule is O=S(=O)(c1ccc(Cl)cc1)N1C2CCC1c1cncnc1C2. The Morgan fingerprint density at radius 2 is 1.95 bits per heavy atom. The van der Waals surface area contributed by atoms with Gasteiger partial charge in [-0.15, -0.1) is 0 Å². The highest BCUT2D eigenvalue weighted by Crippen LogP contribution is 2.45. The lowest BCUT2D eigenvalue weighted by atomic mass is 10.0. The van der Waals surface area contributed by atoms with Gasteiger partial charge in [-0.1, -0.05) is 11.6 Å². The molecule has 5 nitrogen and oxygen atoms in total. The Morgan fingerprint density at radius 1 is 1.18 bits per heavy atom. The molecule has 3 heterocycles. The molecule has 22 heavy (non-hydrogen) atoms. The van der Waals surface area contributed by atoms with Crippen LogP contribution in [0.1, 0.15) is 30.1 Å². The molecule has 0 aliphatic carbocycles. The van der Waals surface area contributed by atoms with Crippen LogP contribution >= 0.6 is 11.6 Å². The smallest absolute Gasteiger partial charge is 0.243 e. The van der Waals surface area contributed by atoms with E-state index in [-0.39, 0.29) is 17.0 Å². The van der Waals surface area contributed by atoms with E-state index in [4.69, 9.17) is 11.6 Å². The number of nitrogens with zero attached hydrogens (tertiary/aromatic N) is 3. The molecule has 0 N–H and O–H groups in total. The Morgan fingerprint density at radius 3 is 2.73 bits per heavy atom. The Balaban J connectivity index is 1.79. The van der Waals surface area contributed by atoms with Crippen molar-refractivity contribution in [3.63, 3.8) is 0 Å². The summed E-state index contributed by atoms with van der Waals surface area (Å²) < 4.78 is 27.7. The standard InChI is InChI=1S/C15H14ClN3O2S/c16-10-1-4-12(5-2-10)22(20,21)19-11-3-6-15(19)13-8-17-9-18-14(13)7-11/h1-2,4-5,8-9,11,15H,3,6-7H2. The van der Waals surface area contributed by atoms with Crippen LogP contribution in [0.5, 0.6) is 0 Å². The van der Waals surface area contributed by atoms with Crippen LogP contribution in [0.2, 0.25) is 5.02 Å². The molecule has 2 atom stereocenters. The number of halogens is 1. The number of hydrogen-bond acceptors (Lipinski definition) is 4. The van der Waals surface area contributed by atoms with Crippen molar-refractivity contribution in [1.82, 2.24) is 14.3 Å². The van der Waals surface area contributed by atoms with Gasteiger partial charge >= 0.3 is 0 Å². The van der Waals surface area contributed by atoms with Crippen molar-refractivity contribution in [1.29, 1.82) is 0 Å². The Labute approximate surface area is 134 Å². The molecule has 2 bridgehead atoms. The first-order valence-electron chi connectivity index (χ1n) is 7.15. The zero-order valence-corrected chi connectivity index (χ0v) is 13.3. The molecule has 1 aromatic carbocycles. The van der Waals surface area contributed by atoms with Gasteiger partial charge in [0.05, 0.1) is 16.6 Å². The van der Waals surface area contributed by atoms with Crippen molar-refractivity contribution in [3.8, 4) is 0 Å². The van der Waals surface area contributed by atoms with Crippen LogP contribution in [0.3, 0.4) is 0 Å². The van der Waals surface area contributed by atoms with E-state index >= 15 is 0 Å². The highest BCUT2D eigenvalue weighted by atomic mass is 35.5. The summed E-state index contributed by atoms with van der Waals surface area (Å²) in [5, 5.41) is 0.527. The van der Waals surface area contributed by atoms with E-state index in [2.05, 4.69) is 9.97 Å². The van der Waals surface area contributed by atoms with Gasteiger partial charge in [0.15, 0.2) is 0 Å². The summed E-state index contributed by atoms with van der Waals surface area (Å²) in [6.07, 6.45) is 5.60. The maximum absolute atomic E-state index is 13.0. The van der Waals surface area contributed by atoms with Gasteiger partial charge in [0, 0.05) is 29.2 Å². The number of benzene rings is 1. The Kier molecular flexibility index (Phi) is 3.21. The molecule has 0 saturated carbocycles. The summed E-state index contributed by atoms with van der Waals surface area (Å²) in [7, 11) is -3.54. The quantitative estimate of drug-likeness (QED) is 0.846. The van der Waals surface area contributed by atoms with Gasteiger partial charge in [0.25, 0.3) is 0 Å². The topological polar surface area (TPSA) is 63.2 Å². The number of fused-ring (bicyclic) bond motifs is 4. The van der Waals surface area contributed by atoms with Crippen molar-refractivity contribution in [2.45, 2.75) is 36.2 Å². The van der Waals surface area contributed by atoms with E-state index < -0.39 is 10.0 Å². The van der Waals surface area contributed by atoms with Crippen molar-refractivity contribution >= 4 is 21.6 Å². The first-order chi connectivity index (χ1) is 10.6. The fraction of sp³-hybridized carbons (Fsp3) is 0.333. The van der Waals surface area contributed by atoms with Gasteiger partial charge in [-0.3, -0.25) is 0 Å². The molecule has 2 unspecified atom stereocenters. The lowest BCUT2D eigenvalue weighted by Crippen LogP contribution is -2.42. The molecule has 0 spiro atoms. The zero-order valence-electron chi connectivity index (χ0n) is 11.7. The maximum atomic E-state index is 13.0. The third-order valence-corrected chi connectivity index (χ3v) is 6.67. The molecule has 2 aliphatic rings. The van der Waals surface area contributed by atoms with Gasteiger partial charge in [-0.2, -0.15) is 4.31 Å². The first-order valence-corrected chi connectivity index (χ1v) is 8.97. The summed E-state index contributed by atoms with van der Waals surface area (Å²) >= 11 is 5.86. The van der Waals surface area contributed by atoms with Crippen LogP contribution < -0.4 is 0 Å². The summed E-state index contributed by atoms with van der Waals surface area (Å²) in [5.41, 5.74) is 1.92. The molecule has 2 aliphatic heterocycles. The van der Waals surface area contributed by atoms with Crippen LogP contribution in [0, 0.1) is 0 Å². The fourth-order valence-electron chi connectivity index (χ4n) is 3.47. The highest BCUT2D eigenvalue weighted by Gasteiger charge is 2.47. The number of aromatic nitrogens is 2. The molecule has 2 aromatic rings. The minimum Gasteiger partial charge on any atom is -0.244 e. The number of hydrogen-bond donors (Lipinski definition) is 0. The molecule has 0 amide bonds. The van der Waals surface area contributed by atoms with Crippen LogP contribution in [-0.4, -0.2) is 28.7 Å². The molecule has 1 saturated heterocycles. The summed E-state index contributed by atoms with van der Waals surface area (Å²) in [4.78, 5) is 8.66. The first kappa shape index (κ1) is 14.1. The van der Waals surface area contributed by atoms with E-state index in [1.165, 1.54) is 6.33 Å². The summed E-state index contributed by atoms with van der Waals surface area (Å²) in [5.74, 6) is 0. The zero-order chi connectivity index (χ0) is 15.3. The van der Waals surface area contributed by atoms with Crippen molar-refractivity contribution < 1.29 is 8.42 Å². The van der Waals surface area contributed by atoms with Crippen molar-refractivity contribution in [2.24, 2.45) is 0 Å². The largest absolute Gasteiger partial charge is 0.244 e.